The molecule has 0 saturated carbocycles. The van der Waals surface area contributed by atoms with Gasteiger partial charge in [0.1, 0.15) is 11.4 Å². The number of ether oxygens (including phenoxy) is 1. The summed E-state index contributed by atoms with van der Waals surface area (Å²) in [5, 5.41) is 5.57. The number of aromatic nitrogens is 1. The molecule has 2 N–H and O–H groups in total. The van der Waals surface area contributed by atoms with Gasteiger partial charge < -0.3 is 9.72 Å². The molecular weight excluding hydrogens is 566 g/mol. The van der Waals surface area contributed by atoms with Crippen LogP contribution < -0.4 is 10.2 Å². The largest absolute Gasteiger partial charge is 0.422 e. The van der Waals surface area contributed by atoms with Crippen molar-refractivity contribution in [1.82, 2.24) is 10.4 Å². The van der Waals surface area contributed by atoms with E-state index in [0.717, 1.165) is 26.5 Å². The van der Waals surface area contributed by atoms with Crippen molar-refractivity contribution in [2.75, 3.05) is 0 Å². The molecule has 38 heavy (non-hydrogen) atoms. The van der Waals surface area contributed by atoms with E-state index in [0.29, 0.717) is 33.2 Å². The molecule has 5 aromatic rings. The molecule has 0 saturated heterocycles. The fourth-order valence-corrected chi connectivity index (χ4v) is 4.61. The zero-order valence-electron chi connectivity index (χ0n) is 20.2. The summed E-state index contributed by atoms with van der Waals surface area (Å²) >= 11 is 9.86. The maximum Gasteiger partial charge on any atom is 0.343 e. The van der Waals surface area contributed by atoms with Crippen LogP contribution in [0, 0.1) is 6.92 Å². The number of benzene rings is 4. The van der Waals surface area contributed by atoms with Gasteiger partial charge in [-0.2, -0.15) is 5.10 Å². The highest BCUT2D eigenvalue weighted by molar-refractivity contribution is 9.10. The Labute approximate surface area is 232 Å². The summed E-state index contributed by atoms with van der Waals surface area (Å²) in [5.74, 6) is -0.618. The van der Waals surface area contributed by atoms with Gasteiger partial charge in [-0.3, -0.25) is 4.79 Å². The number of para-hydroxylation sites is 2. The van der Waals surface area contributed by atoms with Crippen LogP contribution in [0.2, 0.25) is 5.02 Å². The Morgan fingerprint density at radius 1 is 0.947 bits per heavy atom. The average Bonchev–Trinajstić information content (AvgIpc) is 3.31. The van der Waals surface area contributed by atoms with Gasteiger partial charge in [0.25, 0.3) is 5.91 Å². The lowest BCUT2D eigenvalue weighted by molar-refractivity contribution is 0.0734. The van der Waals surface area contributed by atoms with Crippen molar-refractivity contribution in [3.05, 3.63) is 123 Å². The highest BCUT2D eigenvalue weighted by atomic mass is 79.9. The Balaban J connectivity index is 1.41. The van der Waals surface area contributed by atoms with Crippen LogP contribution in [-0.4, -0.2) is 23.1 Å². The van der Waals surface area contributed by atoms with Crippen LogP contribution in [0.25, 0.3) is 22.0 Å². The number of halogens is 2. The van der Waals surface area contributed by atoms with Gasteiger partial charge in [-0.15, -0.1) is 0 Å². The second-order valence-electron chi connectivity index (χ2n) is 8.49. The van der Waals surface area contributed by atoms with E-state index in [4.69, 9.17) is 16.3 Å². The number of rotatable bonds is 6. The Morgan fingerprint density at radius 3 is 2.47 bits per heavy atom. The summed E-state index contributed by atoms with van der Waals surface area (Å²) in [4.78, 5) is 29.1. The first-order valence-electron chi connectivity index (χ1n) is 11.7. The first kappa shape index (κ1) is 25.4. The highest BCUT2D eigenvalue weighted by Crippen LogP contribution is 2.37. The Morgan fingerprint density at radius 2 is 1.68 bits per heavy atom. The lowest BCUT2D eigenvalue weighted by Crippen LogP contribution is -2.19. The number of aryl methyl sites for hydroxylation is 1. The molecular formula is C30H21BrClN3O3. The summed E-state index contributed by atoms with van der Waals surface area (Å²) < 4.78 is 6.44. The molecule has 6 nitrogen and oxygen atoms in total. The Kier molecular flexibility index (Phi) is 7.40. The normalized spacial score (nSPS) is 11.1. The van der Waals surface area contributed by atoms with Crippen LogP contribution in [0.3, 0.4) is 0 Å². The summed E-state index contributed by atoms with van der Waals surface area (Å²) in [6.45, 7) is 1.97. The second-order valence-corrected chi connectivity index (χ2v) is 9.81. The molecule has 0 unspecified atom stereocenters. The molecule has 0 aliphatic carbocycles. The van der Waals surface area contributed by atoms with E-state index in [1.165, 1.54) is 6.21 Å². The molecule has 4 aromatic carbocycles. The van der Waals surface area contributed by atoms with Gasteiger partial charge >= 0.3 is 5.97 Å². The van der Waals surface area contributed by atoms with E-state index in [1.54, 1.807) is 54.6 Å². The van der Waals surface area contributed by atoms with Crippen molar-refractivity contribution < 1.29 is 14.3 Å². The molecule has 188 valence electrons. The average molecular weight is 587 g/mol. The maximum atomic E-state index is 13.3. The first-order valence-corrected chi connectivity index (χ1v) is 12.9. The third-order valence-electron chi connectivity index (χ3n) is 5.98. The molecule has 5 rings (SSSR count). The summed E-state index contributed by atoms with van der Waals surface area (Å²) in [6.07, 6.45) is 1.44. The number of hydrazone groups is 1. The minimum atomic E-state index is -0.500. The van der Waals surface area contributed by atoms with E-state index in [1.807, 2.05) is 43.3 Å². The van der Waals surface area contributed by atoms with Gasteiger partial charge in [-0.1, -0.05) is 76.1 Å². The van der Waals surface area contributed by atoms with E-state index in [-0.39, 0.29) is 0 Å². The number of aromatic amines is 1. The zero-order valence-corrected chi connectivity index (χ0v) is 22.5. The molecule has 1 amide bonds. The first-order chi connectivity index (χ1) is 18.4. The third-order valence-corrected chi connectivity index (χ3v) is 6.84. The number of H-pyrrole nitrogens is 1. The number of nitrogens with one attached hydrogen (secondary N) is 2. The van der Waals surface area contributed by atoms with Crippen LogP contribution in [0.4, 0.5) is 0 Å². The van der Waals surface area contributed by atoms with E-state index in [2.05, 4.69) is 31.4 Å². The van der Waals surface area contributed by atoms with Crippen molar-refractivity contribution >= 4 is 56.5 Å². The number of esters is 1. The molecule has 0 radical (unpaired) electrons. The third kappa shape index (κ3) is 5.25. The maximum absolute atomic E-state index is 13.3. The van der Waals surface area contributed by atoms with Crippen LogP contribution >= 0.6 is 27.5 Å². The zero-order chi connectivity index (χ0) is 26.6. The van der Waals surface area contributed by atoms with Crippen LogP contribution in [0.5, 0.6) is 5.75 Å². The molecule has 0 fully saturated rings. The van der Waals surface area contributed by atoms with Gasteiger partial charge in [-0.25, -0.2) is 10.2 Å². The molecule has 0 aliphatic rings. The van der Waals surface area contributed by atoms with Gasteiger partial charge in [0.15, 0.2) is 0 Å². The quantitative estimate of drug-likeness (QED) is 0.0933. The predicted molar refractivity (Wildman–Crippen MR) is 154 cm³/mol. The Bertz CT molecular complexity index is 1690. The molecule has 0 atom stereocenters. The van der Waals surface area contributed by atoms with Gasteiger partial charge in [-0.05, 0) is 55.0 Å². The second kappa shape index (κ2) is 11.0. The minimum absolute atomic E-state index is 0.316. The molecule has 1 aromatic heterocycles. The predicted octanol–water partition coefficient (Wildman–Crippen LogP) is 7.54. The number of nitrogens with zero attached hydrogens (tertiary/aromatic N) is 1. The minimum Gasteiger partial charge on any atom is -0.422 e. The number of carbonyl (C=O) groups excluding carboxylic acids is 2. The number of carbonyl (C=O) groups is 2. The molecule has 8 heteroatoms. The lowest BCUT2D eigenvalue weighted by atomic mass is 10.0. The van der Waals surface area contributed by atoms with Gasteiger partial charge in [0, 0.05) is 37.1 Å². The standard InChI is InChI=1S/C30H21BrClN3O3/c1-18-7-6-10-23-26(22-9-3-4-11-24(22)32)28(34-27(18)23)29(36)35-33-17-20-8-2-5-12-25(20)38-30(37)19-13-15-21(31)16-14-19/h2-17,34H,1H3,(H,35,36). The Hall–Kier alpha value is -4.20. The number of fused-ring (bicyclic) bond motifs is 1. The highest BCUT2D eigenvalue weighted by Gasteiger charge is 2.21. The molecule has 0 spiro atoms. The number of hydrogen-bond donors (Lipinski definition) is 2. The SMILES string of the molecule is Cc1cccc2c(-c3ccccc3Cl)c(C(=O)NN=Cc3ccccc3OC(=O)c3ccc(Br)cc3)[nH]c12. The smallest absolute Gasteiger partial charge is 0.343 e. The van der Waals surface area contributed by atoms with E-state index < -0.39 is 11.9 Å². The number of hydrogen-bond acceptors (Lipinski definition) is 4. The fraction of sp³-hybridized carbons (Fsp3) is 0.0333. The lowest BCUT2D eigenvalue weighted by Gasteiger charge is -2.08. The van der Waals surface area contributed by atoms with Crippen LogP contribution in [0.15, 0.2) is 101 Å². The monoisotopic (exact) mass is 585 g/mol. The van der Waals surface area contributed by atoms with Crippen LogP contribution in [-0.2, 0) is 0 Å². The van der Waals surface area contributed by atoms with Crippen molar-refractivity contribution in [2.45, 2.75) is 6.92 Å². The molecule has 0 bridgehead atoms. The van der Waals surface area contributed by atoms with Crippen molar-refractivity contribution in [1.29, 1.82) is 0 Å². The summed E-state index contributed by atoms with van der Waals surface area (Å²) in [6, 6.07) is 27.1. The molecule has 0 aliphatic heterocycles. The number of amides is 1. The van der Waals surface area contributed by atoms with Crippen molar-refractivity contribution in [2.24, 2.45) is 5.10 Å². The van der Waals surface area contributed by atoms with Gasteiger partial charge in [0.2, 0.25) is 0 Å². The van der Waals surface area contributed by atoms with E-state index >= 15 is 0 Å². The molecule has 1 heterocycles. The summed E-state index contributed by atoms with van der Waals surface area (Å²) in [5.41, 5.74) is 7.15. The van der Waals surface area contributed by atoms with Crippen LogP contribution in [0.1, 0.15) is 32.0 Å². The van der Waals surface area contributed by atoms with Crippen molar-refractivity contribution in [3.8, 4) is 16.9 Å². The van der Waals surface area contributed by atoms with Crippen molar-refractivity contribution in [3.63, 3.8) is 0 Å². The van der Waals surface area contributed by atoms with E-state index in [9.17, 15) is 9.59 Å². The topological polar surface area (TPSA) is 83.5 Å². The van der Waals surface area contributed by atoms with Gasteiger partial charge in [0.05, 0.1) is 11.8 Å². The summed E-state index contributed by atoms with van der Waals surface area (Å²) in [7, 11) is 0. The fourth-order valence-electron chi connectivity index (χ4n) is 4.12.